The molecule has 14 heavy (non-hydrogen) atoms. The van der Waals surface area contributed by atoms with Gasteiger partial charge in [0.1, 0.15) is 0 Å². The van der Waals surface area contributed by atoms with Crippen LogP contribution in [0.15, 0.2) is 24.3 Å². The molecular weight excluding hydrogens is 208 g/mol. The number of hydrogen-bond donors (Lipinski definition) is 1. The molecule has 1 saturated carbocycles. The Morgan fingerprint density at radius 3 is 2.36 bits per heavy atom. The second kappa shape index (κ2) is 2.91. The van der Waals surface area contributed by atoms with Gasteiger partial charge in [-0.15, -0.1) is 0 Å². The molecule has 0 radical (unpaired) electrons. The van der Waals surface area contributed by atoms with Gasteiger partial charge in [0.2, 0.25) is 0 Å². The van der Waals surface area contributed by atoms with E-state index in [1.54, 1.807) is 12.1 Å². The first-order valence-electron chi connectivity index (χ1n) is 4.39. The molecule has 0 amide bonds. The van der Waals surface area contributed by atoms with Gasteiger partial charge in [0, 0.05) is 10.6 Å². The van der Waals surface area contributed by atoms with E-state index in [0.717, 1.165) is 0 Å². The third-order valence-corrected chi connectivity index (χ3v) is 2.96. The molecule has 4 heteroatoms. The molecule has 1 fully saturated rings. The summed E-state index contributed by atoms with van der Waals surface area (Å²) in [5.41, 5.74) is 3.97. The van der Waals surface area contributed by atoms with Crippen molar-refractivity contribution in [3.05, 3.63) is 34.9 Å². The van der Waals surface area contributed by atoms with E-state index < -0.39 is 11.5 Å². The van der Waals surface area contributed by atoms with Crippen molar-refractivity contribution in [1.29, 1.82) is 0 Å². The quantitative estimate of drug-likeness (QED) is 0.810. The summed E-state index contributed by atoms with van der Waals surface area (Å²) in [6.45, 7) is 0. The van der Waals surface area contributed by atoms with Gasteiger partial charge in [0.05, 0.1) is 5.54 Å². The van der Waals surface area contributed by atoms with Crippen LogP contribution in [0.4, 0.5) is 8.78 Å². The van der Waals surface area contributed by atoms with Gasteiger partial charge < -0.3 is 5.73 Å². The van der Waals surface area contributed by atoms with Gasteiger partial charge in [-0.2, -0.15) is 8.78 Å². The lowest BCUT2D eigenvalue weighted by Crippen LogP contribution is -2.41. The van der Waals surface area contributed by atoms with Crippen LogP contribution in [-0.4, -0.2) is 5.54 Å². The Bertz CT molecular complexity index is 361. The first kappa shape index (κ1) is 9.87. The standard InChI is InChI=1S/C10H10ClF2N/c11-8-4-2-1-3-7(8)10(12,13)9(14)5-6-9/h1-4H,5-6,14H2. The number of rotatable bonds is 2. The fourth-order valence-electron chi connectivity index (χ4n) is 1.43. The molecule has 2 rings (SSSR count). The van der Waals surface area contributed by atoms with Crippen LogP contribution >= 0.6 is 11.6 Å². The lowest BCUT2D eigenvalue weighted by Gasteiger charge is -2.24. The maximum Gasteiger partial charge on any atom is 0.292 e. The minimum Gasteiger partial charge on any atom is -0.320 e. The monoisotopic (exact) mass is 217 g/mol. The van der Waals surface area contributed by atoms with Crippen LogP contribution in [0.2, 0.25) is 5.02 Å². The van der Waals surface area contributed by atoms with Crippen molar-refractivity contribution in [3.63, 3.8) is 0 Å². The highest BCUT2D eigenvalue weighted by molar-refractivity contribution is 6.31. The fourth-order valence-corrected chi connectivity index (χ4v) is 1.69. The number of nitrogens with two attached hydrogens (primary N) is 1. The largest absolute Gasteiger partial charge is 0.320 e. The zero-order chi connectivity index (χ0) is 10.4. The van der Waals surface area contributed by atoms with Crippen LogP contribution in [0.3, 0.4) is 0 Å². The topological polar surface area (TPSA) is 26.0 Å². The highest BCUT2D eigenvalue weighted by Crippen LogP contribution is 2.52. The Morgan fingerprint density at radius 1 is 1.29 bits per heavy atom. The van der Waals surface area contributed by atoms with Gasteiger partial charge in [-0.1, -0.05) is 29.8 Å². The van der Waals surface area contributed by atoms with Crippen LogP contribution < -0.4 is 5.73 Å². The first-order valence-corrected chi connectivity index (χ1v) is 4.77. The lowest BCUT2D eigenvalue weighted by molar-refractivity contribution is -0.0420. The molecule has 0 spiro atoms. The van der Waals surface area contributed by atoms with Crippen LogP contribution in [0.5, 0.6) is 0 Å². The molecule has 0 aliphatic heterocycles. The number of benzene rings is 1. The van der Waals surface area contributed by atoms with E-state index in [1.807, 2.05) is 0 Å². The first-order chi connectivity index (χ1) is 6.47. The maximum absolute atomic E-state index is 13.8. The van der Waals surface area contributed by atoms with Gasteiger partial charge in [0.25, 0.3) is 5.92 Å². The second-order valence-corrected chi connectivity index (χ2v) is 4.12. The number of alkyl halides is 2. The van der Waals surface area contributed by atoms with Crippen molar-refractivity contribution in [1.82, 2.24) is 0 Å². The Morgan fingerprint density at radius 2 is 1.86 bits per heavy atom. The fraction of sp³-hybridized carbons (Fsp3) is 0.400. The predicted octanol–water partition coefficient (Wildman–Crippen LogP) is 2.92. The van der Waals surface area contributed by atoms with Crippen LogP contribution in [0.1, 0.15) is 18.4 Å². The molecule has 0 saturated heterocycles. The average molecular weight is 218 g/mol. The second-order valence-electron chi connectivity index (χ2n) is 3.71. The van der Waals surface area contributed by atoms with E-state index in [1.165, 1.54) is 12.1 Å². The molecule has 2 N–H and O–H groups in total. The molecule has 1 aromatic carbocycles. The summed E-state index contributed by atoms with van der Waals surface area (Å²) in [5, 5.41) is 0.0780. The van der Waals surface area contributed by atoms with Gasteiger partial charge >= 0.3 is 0 Å². The van der Waals surface area contributed by atoms with Gasteiger partial charge in [-0.25, -0.2) is 0 Å². The van der Waals surface area contributed by atoms with Gasteiger partial charge in [0.15, 0.2) is 0 Å². The minimum absolute atomic E-state index is 0.0780. The van der Waals surface area contributed by atoms with Gasteiger partial charge in [-0.3, -0.25) is 0 Å². The van der Waals surface area contributed by atoms with E-state index >= 15 is 0 Å². The third kappa shape index (κ3) is 1.31. The van der Waals surface area contributed by atoms with E-state index in [4.69, 9.17) is 17.3 Å². The zero-order valence-electron chi connectivity index (χ0n) is 7.43. The summed E-state index contributed by atoms with van der Waals surface area (Å²) in [7, 11) is 0. The number of hydrogen-bond acceptors (Lipinski definition) is 1. The highest BCUT2D eigenvalue weighted by Gasteiger charge is 2.60. The van der Waals surface area contributed by atoms with Crippen molar-refractivity contribution >= 4 is 11.6 Å². The summed E-state index contributed by atoms with van der Waals surface area (Å²) < 4.78 is 27.6. The smallest absolute Gasteiger partial charge is 0.292 e. The summed E-state index contributed by atoms with van der Waals surface area (Å²) >= 11 is 5.71. The minimum atomic E-state index is -3.02. The summed E-state index contributed by atoms with van der Waals surface area (Å²) in [5.74, 6) is -3.02. The van der Waals surface area contributed by atoms with Crippen molar-refractivity contribution in [2.45, 2.75) is 24.3 Å². The summed E-state index contributed by atoms with van der Waals surface area (Å²) in [6, 6.07) is 5.95. The zero-order valence-corrected chi connectivity index (χ0v) is 8.19. The molecule has 1 aliphatic rings. The van der Waals surface area contributed by atoms with Crippen LogP contribution in [0.25, 0.3) is 0 Å². The van der Waals surface area contributed by atoms with Crippen molar-refractivity contribution in [2.24, 2.45) is 5.73 Å². The number of halogens is 3. The van der Waals surface area contributed by atoms with Crippen molar-refractivity contribution in [3.8, 4) is 0 Å². The predicted molar refractivity (Wildman–Crippen MR) is 51.5 cm³/mol. The van der Waals surface area contributed by atoms with Gasteiger partial charge in [-0.05, 0) is 18.9 Å². The van der Waals surface area contributed by atoms with E-state index in [9.17, 15) is 8.78 Å². The Hall–Kier alpha value is -0.670. The molecule has 0 aromatic heterocycles. The van der Waals surface area contributed by atoms with Crippen molar-refractivity contribution in [2.75, 3.05) is 0 Å². The Kier molecular flexibility index (Phi) is 2.05. The average Bonchev–Trinajstić information content (AvgIpc) is 2.86. The molecule has 1 aromatic rings. The molecule has 0 bridgehead atoms. The van der Waals surface area contributed by atoms with Crippen LogP contribution in [0, 0.1) is 0 Å². The van der Waals surface area contributed by atoms with E-state index in [2.05, 4.69) is 0 Å². The summed E-state index contributed by atoms with van der Waals surface area (Å²) in [6.07, 6.45) is 0.705. The highest BCUT2D eigenvalue weighted by atomic mass is 35.5. The molecule has 76 valence electrons. The Labute approximate surface area is 85.9 Å². The van der Waals surface area contributed by atoms with Crippen LogP contribution in [-0.2, 0) is 5.92 Å². The Balaban J connectivity index is 2.44. The van der Waals surface area contributed by atoms with Crippen molar-refractivity contribution < 1.29 is 8.78 Å². The maximum atomic E-state index is 13.8. The molecule has 1 nitrogen and oxygen atoms in total. The molecule has 0 unspecified atom stereocenters. The van der Waals surface area contributed by atoms with E-state index in [-0.39, 0.29) is 10.6 Å². The lowest BCUT2D eigenvalue weighted by atomic mass is 10.00. The SMILES string of the molecule is NC1(C(F)(F)c2ccccc2Cl)CC1. The summed E-state index contributed by atoms with van der Waals surface area (Å²) in [4.78, 5) is 0. The molecular formula is C10H10ClF2N. The molecule has 0 heterocycles. The molecule has 0 atom stereocenters. The third-order valence-electron chi connectivity index (χ3n) is 2.63. The normalized spacial score (nSPS) is 19.4. The van der Waals surface area contributed by atoms with E-state index in [0.29, 0.717) is 12.8 Å². The molecule has 1 aliphatic carbocycles.